The predicted molar refractivity (Wildman–Crippen MR) is 68.2 cm³/mol. The lowest BCUT2D eigenvalue weighted by molar-refractivity contribution is 0.474. The summed E-state index contributed by atoms with van der Waals surface area (Å²) in [5, 5.41) is 18.2. The van der Waals surface area contributed by atoms with E-state index in [-0.39, 0.29) is 5.75 Å². The molecule has 2 aromatic carbocycles. The van der Waals surface area contributed by atoms with Gasteiger partial charge in [0.05, 0.1) is 11.6 Å². The highest BCUT2D eigenvalue weighted by atomic mass is 16.3. The average Bonchev–Trinajstić information content (AvgIpc) is 2.38. The van der Waals surface area contributed by atoms with E-state index in [4.69, 9.17) is 5.26 Å². The second-order valence-corrected chi connectivity index (χ2v) is 3.63. The Balaban J connectivity index is 2.21. The number of nitriles is 1. The van der Waals surface area contributed by atoms with Crippen LogP contribution < -0.4 is 0 Å². The van der Waals surface area contributed by atoms with Crippen LogP contribution in [0.25, 0.3) is 12.2 Å². The fraction of sp³-hybridized carbons (Fsp3) is 0. The Labute approximate surface area is 100 Å². The molecular formula is C15H11NO. The standard InChI is InChI=1S/C15H11NO/c16-11-13-7-5-12(6-8-13)9-10-14-3-1-2-4-15(14)17/h1-10,17H/b10-9+. The van der Waals surface area contributed by atoms with E-state index in [2.05, 4.69) is 6.07 Å². The van der Waals surface area contributed by atoms with Gasteiger partial charge in [0.25, 0.3) is 0 Å². The lowest BCUT2D eigenvalue weighted by Crippen LogP contribution is -1.76. The summed E-state index contributed by atoms with van der Waals surface area (Å²) in [6.45, 7) is 0. The van der Waals surface area contributed by atoms with Gasteiger partial charge in [-0.05, 0) is 23.8 Å². The highest BCUT2D eigenvalue weighted by molar-refractivity contribution is 5.72. The fourth-order valence-electron chi connectivity index (χ4n) is 1.48. The van der Waals surface area contributed by atoms with Crippen molar-refractivity contribution in [2.45, 2.75) is 0 Å². The Kier molecular flexibility index (Phi) is 3.23. The lowest BCUT2D eigenvalue weighted by atomic mass is 10.1. The van der Waals surface area contributed by atoms with E-state index in [1.54, 1.807) is 24.3 Å². The molecular weight excluding hydrogens is 210 g/mol. The second kappa shape index (κ2) is 5.00. The van der Waals surface area contributed by atoms with E-state index in [1.165, 1.54) is 0 Å². The van der Waals surface area contributed by atoms with E-state index in [0.29, 0.717) is 5.56 Å². The van der Waals surface area contributed by atoms with Crippen molar-refractivity contribution in [1.82, 2.24) is 0 Å². The number of phenols is 1. The minimum Gasteiger partial charge on any atom is -0.507 e. The van der Waals surface area contributed by atoms with Crippen molar-refractivity contribution in [3.05, 3.63) is 65.2 Å². The van der Waals surface area contributed by atoms with Gasteiger partial charge in [-0.1, -0.05) is 42.5 Å². The maximum atomic E-state index is 9.58. The van der Waals surface area contributed by atoms with E-state index >= 15 is 0 Å². The summed E-state index contributed by atoms with van der Waals surface area (Å²) < 4.78 is 0. The molecule has 0 aliphatic carbocycles. The molecule has 0 bridgehead atoms. The summed E-state index contributed by atoms with van der Waals surface area (Å²) in [5.74, 6) is 0.261. The summed E-state index contributed by atoms with van der Waals surface area (Å²) in [6, 6.07) is 16.5. The predicted octanol–water partition coefficient (Wildman–Crippen LogP) is 3.43. The first-order valence-electron chi connectivity index (χ1n) is 5.26. The van der Waals surface area contributed by atoms with Gasteiger partial charge in [-0.25, -0.2) is 0 Å². The Hall–Kier alpha value is -2.53. The molecule has 0 radical (unpaired) electrons. The molecule has 0 aliphatic rings. The summed E-state index contributed by atoms with van der Waals surface area (Å²) >= 11 is 0. The number of rotatable bonds is 2. The van der Waals surface area contributed by atoms with Crippen molar-refractivity contribution in [2.24, 2.45) is 0 Å². The molecule has 0 aromatic heterocycles. The molecule has 0 atom stereocenters. The topological polar surface area (TPSA) is 44.0 Å². The van der Waals surface area contributed by atoms with Crippen molar-refractivity contribution in [2.75, 3.05) is 0 Å². The van der Waals surface area contributed by atoms with Gasteiger partial charge in [0.2, 0.25) is 0 Å². The van der Waals surface area contributed by atoms with Gasteiger partial charge in [0, 0.05) is 5.56 Å². The Morgan fingerprint density at radius 2 is 1.65 bits per heavy atom. The van der Waals surface area contributed by atoms with E-state index in [9.17, 15) is 5.11 Å². The van der Waals surface area contributed by atoms with Gasteiger partial charge in [-0.15, -0.1) is 0 Å². The number of benzene rings is 2. The molecule has 0 aliphatic heterocycles. The number of aromatic hydroxyl groups is 1. The first-order valence-corrected chi connectivity index (χ1v) is 5.26. The molecule has 0 saturated heterocycles. The normalized spacial score (nSPS) is 10.3. The molecule has 0 heterocycles. The summed E-state index contributed by atoms with van der Waals surface area (Å²) in [4.78, 5) is 0. The number of para-hydroxylation sites is 1. The molecule has 0 amide bonds. The molecule has 0 fully saturated rings. The SMILES string of the molecule is N#Cc1ccc(/C=C/c2ccccc2O)cc1. The van der Waals surface area contributed by atoms with Crippen molar-refractivity contribution < 1.29 is 5.11 Å². The van der Waals surface area contributed by atoms with Crippen molar-refractivity contribution in [1.29, 1.82) is 5.26 Å². The van der Waals surface area contributed by atoms with Crippen LogP contribution in [0.15, 0.2) is 48.5 Å². The van der Waals surface area contributed by atoms with Crippen LogP contribution in [0.5, 0.6) is 5.75 Å². The smallest absolute Gasteiger partial charge is 0.122 e. The molecule has 0 spiro atoms. The van der Waals surface area contributed by atoms with Gasteiger partial charge in [-0.3, -0.25) is 0 Å². The first kappa shape index (κ1) is 11.0. The Bertz CT molecular complexity index is 577. The van der Waals surface area contributed by atoms with E-state index in [1.807, 2.05) is 36.4 Å². The maximum absolute atomic E-state index is 9.58. The third kappa shape index (κ3) is 2.73. The number of hydrogen-bond donors (Lipinski definition) is 1. The monoisotopic (exact) mass is 221 g/mol. The van der Waals surface area contributed by atoms with Crippen LogP contribution in [0.4, 0.5) is 0 Å². The van der Waals surface area contributed by atoms with Crippen molar-refractivity contribution in [3.63, 3.8) is 0 Å². The van der Waals surface area contributed by atoms with Gasteiger partial charge < -0.3 is 5.11 Å². The zero-order chi connectivity index (χ0) is 12.1. The number of nitrogens with zero attached hydrogens (tertiary/aromatic N) is 1. The Morgan fingerprint density at radius 1 is 0.941 bits per heavy atom. The third-order valence-electron chi connectivity index (χ3n) is 2.43. The Morgan fingerprint density at radius 3 is 2.29 bits per heavy atom. The van der Waals surface area contributed by atoms with E-state index < -0.39 is 0 Å². The molecule has 2 rings (SSSR count). The molecule has 2 heteroatoms. The van der Waals surface area contributed by atoms with Crippen LogP contribution >= 0.6 is 0 Å². The second-order valence-electron chi connectivity index (χ2n) is 3.63. The van der Waals surface area contributed by atoms with Crippen molar-refractivity contribution >= 4 is 12.2 Å². The van der Waals surface area contributed by atoms with Crippen LogP contribution in [-0.4, -0.2) is 5.11 Å². The van der Waals surface area contributed by atoms with Gasteiger partial charge in [-0.2, -0.15) is 5.26 Å². The summed E-state index contributed by atoms with van der Waals surface area (Å²) in [6.07, 6.45) is 3.74. The molecule has 1 N–H and O–H groups in total. The molecule has 0 unspecified atom stereocenters. The van der Waals surface area contributed by atoms with Crippen LogP contribution in [0, 0.1) is 11.3 Å². The first-order chi connectivity index (χ1) is 8.29. The third-order valence-corrected chi connectivity index (χ3v) is 2.43. The van der Waals surface area contributed by atoms with Crippen LogP contribution in [0.3, 0.4) is 0 Å². The minimum absolute atomic E-state index is 0.261. The highest BCUT2D eigenvalue weighted by Gasteiger charge is 1.94. The largest absolute Gasteiger partial charge is 0.507 e. The number of phenolic OH excluding ortho intramolecular Hbond substituents is 1. The lowest BCUT2D eigenvalue weighted by Gasteiger charge is -1.97. The molecule has 2 aromatic rings. The van der Waals surface area contributed by atoms with Gasteiger partial charge >= 0.3 is 0 Å². The van der Waals surface area contributed by atoms with E-state index in [0.717, 1.165) is 11.1 Å². The average molecular weight is 221 g/mol. The molecule has 0 saturated carbocycles. The number of hydrogen-bond acceptors (Lipinski definition) is 2. The zero-order valence-electron chi connectivity index (χ0n) is 9.17. The summed E-state index contributed by atoms with van der Waals surface area (Å²) in [7, 11) is 0. The molecule has 82 valence electrons. The highest BCUT2D eigenvalue weighted by Crippen LogP contribution is 2.18. The zero-order valence-corrected chi connectivity index (χ0v) is 9.17. The van der Waals surface area contributed by atoms with Crippen LogP contribution in [0.2, 0.25) is 0 Å². The quantitative estimate of drug-likeness (QED) is 0.789. The van der Waals surface area contributed by atoms with Crippen LogP contribution in [0.1, 0.15) is 16.7 Å². The summed E-state index contributed by atoms with van der Waals surface area (Å²) in [5.41, 5.74) is 2.41. The molecule has 17 heavy (non-hydrogen) atoms. The fourth-order valence-corrected chi connectivity index (χ4v) is 1.48. The molecule has 2 nitrogen and oxygen atoms in total. The van der Waals surface area contributed by atoms with Gasteiger partial charge in [0.15, 0.2) is 0 Å². The van der Waals surface area contributed by atoms with Gasteiger partial charge in [0.1, 0.15) is 5.75 Å². The van der Waals surface area contributed by atoms with Crippen molar-refractivity contribution in [3.8, 4) is 11.8 Å². The van der Waals surface area contributed by atoms with Crippen LogP contribution in [-0.2, 0) is 0 Å². The minimum atomic E-state index is 0.261. The maximum Gasteiger partial charge on any atom is 0.122 e.